The molecule has 0 N–H and O–H groups in total. The molecule has 0 aliphatic carbocycles. The lowest BCUT2D eigenvalue weighted by molar-refractivity contribution is 0.403. The van der Waals surface area contributed by atoms with Crippen LogP contribution in [0.4, 0.5) is 0 Å². The lowest BCUT2D eigenvalue weighted by atomic mass is 10.7. The van der Waals surface area contributed by atoms with Gasteiger partial charge < -0.3 is 4.74 Å². The van der Waals surface area contributed by atoms with Crippen molar-refractivity contribution in [3.63, 3.8) is 0 Å². The molecule has 0 spiro atoms. The average molecular weight is 95.1 g/mol. The summed E-state index contributed by atoms with van der Waals surface area (Å²) in [6, 6.07) is 0. The highest BCUT2D eigenvalue weighted by Crippen LogP contribution is 1.78. The molecule has 0 aromatic rings. The number of allylic oxidation sites excluding steroid dienone is 1. The Labute approximate surface area is 41.8 Å². The highest BCUT2D eigenvalue weighted by atomic mass is 16.5. The highest BCUT2D eigenvalue weighted by Gasteiger charge is 1.83. The predicted octanol–water partition coefficient (Wildman–Crippen LogP) is 0.408. The maximum absolute atomic E-state index is 4.71. The minimum Gasteiger partial charge on any atom is -0.466 e. The second kappa shape index (κ2) is 2.18. The SMILES string of the molecule is C1=COC=C[N+]=C1. The molecule has 1 aliphatic heterocycles. The monoisotopic (exact) mass is 95.0 g/mol. The molecule has 0 amide bonds. The van der Waals surface area contributed by atoms with Crippen LogP contribution in [0.1, 0.15) is 0 Å². The summed E-state index contributed by atoms with van der Waals surface area (Å²) in [7, 11) is 0. The van der Waals surface area contributed by atoms with Crippen molar-refractivity contribution >= 4 is 6.21 Å². The van der Waals surface area contributed by atoms with Crippen molar-refractivity contribution in [2.45, 2.75) is 0 Å². The van der Waals surface area contributed by atoms with E-state index in [9.17, 15) is 0 Å². The van der Waals surface area contributed by atoms with E-state index in [1.54, 1.807) is 24.8 Å². The van der Waals surface area contributed by atoms with Crippen molar-refractivity contribution in [1.29, 1.82) is 0 Å². The Bertz CT molecular complexity index is 110. The van der Waals surface area contributed by atoms with Gasteiger partial charge in [0.1, 0.15) is 0 Å². The van der Waals surface area contributed by atoms with Crippen molar-refractivity contribution in [3.8, 4) is 0 Å². The summed E-state index contributed by atoms with van der Waals surface area (Å²) in [5.74, 6) is 0. The van der Waals surface area contributed by atoms with Gasteiger partial charge in [-0.15, -0.1) is 0 Å². The number of rotatable bonds is 0. The highest BCUT2D eigenvalue weighted by molar-refractivity contribution is 5.70. The summed E-state index contributed by atoms with van der Waals surface area (Å²) < 4.78 is 4.71. The van der Waals surface area contributed by atoms with Gasteiger partial charge in [-0.2, -0.15) is 0 Å². The Morgan fingerprint density at radius 3 is 3.29 bits per heavy atom. The van der Waals surface area contributed by atoms with Gasteiger partial charge in [0.05, 0.1) is 11.3 Å². The van der Waals surface area contributed by atoms with Gasteiger partial charge in [0, 0.05) is 6.08 Å². The molecule has 1 radical (unpaired) electrons. The molecule has 1 aliphatic rings. The minimum absolute atomic E-state index is 1.51. The number of ether oxygens (including phenoxy) is 1. The molecule has 0 aromatic carbocycles. The van der Waals surface area contributed by atoms with Crippen LogP contribution in [-0.2, 0) is 4.74 Å². The Morgan fingerprint density at radius 2 is 2.29 bits per heavy atom. The fraction of sp³-hybridized carbons (Fsp3) is 0. The van der Waals surface area contributed by atoms with Crippen molar-refractivity contribution < 1.29 is 4.74 Å². The minimum atomic E-state index is 1.51. The quantitative estimate of drug-likeness (QED) is 0.427. The first-order valence-electron chi connectivity index (χ1n) is 1.99. The molecule has 2 nitrogen and oxygen atoms in total. The zero-order valence-corrected chi connectivity index (χ0v) is 3.74. The summed E-state index contributed by atoms with van der Waals surface area (Å²) in [5, 5.41) is 0. The van der Waals surface area contributed by atoms with Crippen LogP contribution in [0.25, 0.3) is 0 Å². The summed E-state index contributed by atoms with van der Waals surface area (Å²) in [5.41, 5.74) is 0. The van der Waals surface area contributed by atoms with Gasteiger partial charge in [0.25, 0.3) is 6.20 Å². The first-order chi connectivity index (χ1) is 3.50. The molecule has 1 heterocycles. The fourth-order valence-corrected chi connectivity index (χ4v) is 0.296. The molecule has 0 saturated carbocycles. The van der Waals surface area contributed by atoms with Crippen LogP contribution in [-0.4, -0.2) is 6.21 Å². The first kappa shape index (κ1) is 4.12. The second-order valence-corrected chi connectivity index (χ2v) is 1.05. The third-order valence-corrected chi connectivity index (χ3v) is 0.555. The number of nitrogens with zero attached hydrogens (tertiary/aromatic N) is 1. The van der Waals surface area contributed by atoms with Crippen LogP contribution in [0.2, 0.25) is 0 Å². The van der Waals surface area contributed by atoms with Crippen molar-refractivity contribution in [2.75, 3.05) is 0 Å². The maximum atomic E-state index is 4.71. The molecule has 7 heavy (non-hydrogen) atoms. The fourth-order valence-electron chi connectivity index (χ4n) is 0.296. The number of hydrogen-bond acceptors (Lipinski definition) is 2. The maximum Gasteiger partial charge on any atom is 0.276 e. The zero-order chi connectivity index (χ0) is 4.95. The van der Waals surface area contributed by atoms with E-state index < -0.39 is 0 Å². The Morgan fingerprint density at radius 1 is 1.29 bits per heavy atom. The van der Waals surface area contributed by atoms with Gasteiger partial charge >= 0.3 is 0 Å². The molecular weight excluding hydrogens is 90.1 g/mol. The number of aliphatic imine (C=N–C) groups is 1. The smallest absolute Gasteiger partial charge is 0.276 e. The molecule has 0 fully saturated rings. The van der Waals surface area contributed by atoms with E-state index in [2.05, 4.69) is 4.99 Å². The van der Waals surface area contributed by atoms with Crippen LogP contribution >= 0.6 is 0 Å². The van der Waals surface area contributed by atoms with Crippen molar-refractivity contribution in [2.24, 2.45) is 0 Å². The lowest BCUT2D eigenvalue weighted by Crippen LogP contribution is -1.72. The molecule has 0 atom stereocenters. The lowest BCUT2D eigenvalue weighted by Gasteiger charge is -1.75. The molecule has 2 heteroatoms. The Hall–Kier alpha value is -1.05. The van der Waals surface area contributed by atoms with Gasteiger partial charge in [-0.3, -0.25) is 0 Å². The molecule has 1 rings (SSSR count). The topological polar surface area (TPSA) is 23.3 Å². The summed E-state index contributed by atoms with van der Waals surface area (Å²) >= 11 is 0. The van der Waals surface area contributed by atoms with E-state index in [1.165, 1.54) is 6.26 Å². The van der Waals surface area contributed by atoms with E-state index >= 15 is 0 Å². The summed E-state index contributed by atoms with van der Waals surface area (Å²) in [4.78, 5) is 3.75. The van der Waals surface area contributed by atoms with Crippen molar-refractivity contribution in [1.82, 2.24) is 4.99 Å². The average Bonchev–Trinajstić information content (AvgIpc) is 1.90. The van der Waals surface area contributed by atoms with Gasteiger partial charge in [-0.1, -0.05) is 0 Å². The molecule has 0 saturated heterocycles. The van der Waals surface area contributed by atoms with Gasteiger partial charge in [-0.05, 0) is 0 Å². The van der Waals surface area contributed by atoms with E-state index in [0.29, 0.717) is 0 Å². The van der Waals surface area contributed by atoms with E-state index in [4.69, 9.17) is 4.74 Å². The Balaban J connectivity index is 2.60. The van der Waals surface area contributed by atoms with E-state index in [-0.39, 0.29) is 0 Å². The normalized spacial score (nSPS) is 16.0. The molecule has 35 valence electrons. The van der Waals surface area contributed by atoms with E-state index in [1.807, 2.05) is 0 Å². The zero-order valence-electron chi connectivity index (χ0n) is 3.74. The molecule has 0 unspecified atom stereocenters. The van der Waals surface area contributed by atoms with Gasteiger partial charge in [0.15, 0.2) is 6.26 Å². The third kappa shape index (κ3) is 1.22. The first-order valence-corrected chi connectivity index (χ1v) is 1.99. The molecule has 0 bridgehead atoms. The largest absolute Gasteiger partial charge is 0.466 e. The summed E-state index contributed by atoms with van der Waals surface area (Å²) in [6.45, 7) is 0. The summed E-state index contributed by atoms with van der Waals surface area (Å²) in [6.07, 6.45) is 8.04. The van der Waals surface area contributed by atoms with Crippen LogP contribution in [0, 0.1) is 0 Å². The van der Waals surface area contributed by atoms with Crippen LogP contribution in [0.15, 0.2) is 24.8 Å². The van der Waals surface area contributed by atoms with Crippen LogP contribution in [0.3, 0.4) is 0 Å². The van der Waals surface area contributed by atoms with Crippen LogP contribution < -0.4 is 4.99 Å². The standard InChI is InChI=1S/C5H5NO/c1-2-6-3-5-7-4-1/h1-5H/q+1. The Kier molecular flexibility index (Phi) is 1.28. The van der Waals surface area contributed by atoms with Gasteiger partial charge in [0.2, 0.25) is 6.21 Å². The van der Waals surface area contributed by atoms with Crippen molar-refractivity contribution in [3.05, 3.63) is 24.8 Å². The third-order valence-electron chi connectivity index (χ3n) is 0.555. The number of hydrogen-bond donors (Lipinski definition) is 0. The molecular formula is C5H5NO+. The van der Waals surface area contributed by atoms with E-state index in [0.717, 1.165) is 0 Å². The van der Waals surface area contributed by atoms with Crippen LogP contribution in [0.5, 0.6) is 0 Å². The predicted molar refractivity (Wildman–Crippen MR) is 27.6 cm³/mol. The second-order valence-electron chi connectivity index (χ2n) is 1.05. The molecule has 0 aromatic heterocycles. The van der Waals surface area contributed by atoms with Gasteiger partial charge in [-0.25, -0.2) is 0 Å².